The molecule has 0 spiro atoms. The van der Waals surface area contributed by atoms with Gasteiger partial charge in [0.1, 0.15) is 5.75 Å². The Morgan fingerprint density at radius 1 is 1.15 bits per heavy atom. The van der Waals surface area contributed by atoms with Crippen LogP contribution in [0.25, 0.3) is 0 Å². The first kappa shape index (κ1) is 17.0. The van der Waals surface area contributed by atoms with Gasteiger partial charge < -0.3 is 4.74 Å². The van der Waals surface area contributed by atoms with Crippen molar-refractivity contribution in [3.63, 3.8) is 0 Å². The van der Waals surface area contributed by atoms with Gasteiger partial charge in [0, 0.05) is 0 Å². The van der Waals surface area contributed by atoms with E-state index in [0.717, 1.165) is 31.4 Å². The molecule has 0 aliphatic carbocycles. The zero-order valence-electron chi connectivity index (χ0n) is 12.2. The number of rotatable bonds is 9. The maximum atomic E-state index is 10.7. The van der Waals surface area contributed by atoms with E-state index >= 15 is 0 Å². The smallest absolute Gasteiger partial charge is 0.265 e. The molecule has 0 aliphatic heterocycles. The Morgan fingerprint density at radius 2 is 1.80 bits per heavy atom. The van der Waals surface area contributed by atoms with E-state index in [4.69, 9.17) is 9.29 Å². The van der Waals surface area contributed by atoms with Crippen LogP contribution in [0.3, 0.4) is 0 Å². The van der Waals surface area contributed by atoms with Gasteiger partial charge in [0.2, 0.25) is 0 Å². The van der Waals surface area contributed by atoms with Crippen LogP contribution in [-0.4, -0.2) is 25.3 Å². The molecule has 0 aromatic heterocycles. The molecule has 0 radical (unpaired) electrons. The molecule has 1 atom stereocenters. The van der Waals surface area contributed by atoms with Crippen molar-refractivity contribution in [3.8, 4) is 5.75 Å². The molecular weight excluding hydrogens is 276 g/mol. The first-order chi connectivity index (χ1) is 9.37. The Labute approximate surface area is 121 Å². The van der Waals surface area contributed by atoms with Crippen LogP contribution in [0.15, 0.2) is 24.3 Å². The van der Waals surface area contributed by atoms with E-state index in [1.54, 1.807) is 0 Å². The summed E-state index contributed by atoms with van der Waals surface area (Å²) in [5.41, 5.74) is 1.21. The van der Waals surface area contributed by atoms with Crippen molar-refractivity contribution in [3.05, 3.63) is 29.8 Å². The largest absolute Gasteiger partial charge is 0.494 e. The summed E-state index contributed by atoms with van der Waals surface area (Å²) in [6, 6.07) is 7.96. The van der Waals surface area contributed by atoms with Gasteiger partial charge in [-0.2, -0.15) is 8.42 Å². The van der Waals surface area contributed by atoms with E-state index in [1.807, 2.05) is 38.1 Å². The molecule has 0 bridgehead atoms. The molecule has 0 heterocycles. The zero-order chi connectivity index (χ0) is 15.0. The van der Waals surface area contributed by atoms with Gasteiger partial charge in [0.05, 0.1) is 12.4 Å². The molecule has 0 amide bonds. The second kappa shape index (κ2) is 8.27. The van der Waals surface area contributed by atoms with E-state index in [-0.39, 0.29) is 11.7 Å². The van der Waals surface area contributed by atoms with Crippen LogP contribution in [-0.2, 0) is 10.1 Å². The number of aryl methyl sites for hydroxylation is 1. The molecule has 20 heavy (non-hydrogen) atoms. The minimum atomic E-state index is -3.83. The highest BCUT2D eigenvalue weighted by Crippen LogP contribution is 2.14. The fourth-order valence-electron chi connectivity index (χ4n) is 2.04. The van der Waals surface area contributed by atoms with Gasteiger partial charge >= 0.3 is 0 Å². The average molecular weight is 300 g/mol. The fourth-order valence-corrected chi connectivity index (χ4v) is 2.92. The highest BCUT2D eigenvalue weighted by molar-refractivity contribution is 7.85. The quantitative estimate of drug-likeness (QED) is 0.560. The summed E-state index contributed by atoms with van der Waals surface area (Å²) < 4.78 is 35.7. The van der Waals surface area contributed by atoms with Crippen molar-refractivity contribution in [2.75, 3.05) is 12.4 Å². The van der Waals surface area contributed by atoms with E-state index in [0.29, 0.717) is 6.61 Å². The van der Waals surface area contributed by atoms with Gasteiger partial charge in [-0.25, -0.2) is 0 Å². The van der Waals surface area contributed by atoms with Crippen molar-refractivity contribution < 1.29 is 17.7 Å². The summed E-state index contributed by atoms with van der Waals surface area (Å²) in [6.07, 6.45) is 3.71. The van der Waals surface area contributed by atoms with Gasteiger partial charge in [0.25, 0.3) is 10.1 Å². The van der Waals surface area contributed by atoms with E-state index in [2.05, 4.69) is 0 Å². The first-order valence-electron chi connectivity index (χ1n) is 7.01. The number of benzene rings is 1. The molecule has 0 saturated heterocycles. The minimum absolute atomic E-state index is 0.00279. The van der Waals surface area contributed by atoms with Crippen LogP contribution in [0.1, 0.15) is 38.2 Å². The third-order valence-corrected chi connectivity index (χ3v) is 4.12. The highest BCUT2D eigenvalue weighted by atomic mass is 32.2. The highest BCUT2D eigenvalue weighted by Gasteiger charge is 2.11. The molecule has 0 fully saturated rings. The lowest BCUT2D eigenvalue weighted by molar-refractivity contribution is 0.303. The maximum absolute atomic E-state index is 10.7. The van der Waals surface area contributed by atoms with Gasteiger partial charge in [0.15, 0.2) is 0 Å². The van der Waals surface area contributed by atoms with E-state index in [1.165, 1.54) is 5.56 Å². The lowest BCUT2D eigenvalue weighted by atomic mass is 10.1. The molecule has 1 rings (SSSR count). The predicted molar refractivity (Wildman–Crippen MR) is 80.7 cm³/mol. The Bertz CT molecular complexity index is 479. The molecule has 1 aromatic rings. The number of hydrogen-bond acceptors (Lipinski definition) is 3. The number of ether oxygens (including phenoxy) is 1. The molecule has 1 N–H and O–H groups in total. The lowest BCUT2D eigenvalue weighted by Crippen LogP contribution is -2.12. The molecule has 4 nitrogen and oxygen atoms in total. The van der Waals surface area contributed by atoms with Gasteiger partial charge in [-0.3, -0.25) is 4.55 Å². The fraction of sp³-hybridized carbons (Fsp3) is 0.600. The van der Waals surface area contributed by atoms with Gasteiger partial charge in [-0.15, -0.1) is 0 Å². The third-order valence-electron chi connectivity index (χ3n) is 3.13. The van der Waals surface area contributed by atoms with Crippen molar-refractivity contribution >= 4 is 10.1 Å². The summed E-state index contributed by atoms with van der Waals surface area (Å²) in [4.78, 5) is 0. The zero-order valence-corrected chi connectivity index (χ0v) is 13.0. The minimum Gasteiger partial charge on any atom is -0.494 e. The van der Waals surface area contributed by atoms with E-state index in [9.17, 15) is 8.42 Å². The van der Waals surface area contributed by atoms with Crippen LogP contribution >= 0.6 is 0 Å². The molecule has 0 saturated carbocycles. The summed E-state index contributed by atoms with van der Waals surface area (Å²) >= 11 is 0. The molecule has 1 unspecified atom stereocenters. The second-order valence-electron chi connectivity index (χ2n) is 5.36. The summed E-state index contributed by atoms with van der Waals surface area (Å²) in [5.74, 6) is 0.741. The lowest BCUT2D eigenvalue weighted by Gasteiger charge is -2.09. The second-order valence-corrected chi connectivity index (χ2v) is 6.86. The molecule has 5 heteroatoms. The SMILES string of the molecule is Cc1ccc(OCCCCCC(C)CS(=O)(=O)O)cc1. The molecule has 114 valence electrons. The van der Waals surface area contributed by atoms with E-state index < -0.39 is 10.1 Å². The Kier molecular flexibility index (Phi) is 7.02. The summed E-state index contributed by atoms with van der Waals surface area (Å²) in [6.45, 7) is 4.56. The maximum Gasteiger partial charge on any atom is 0.265 e. The van der Waals surface area contributed by atoms with Crippen molar-refractivity contribution in [1.29, 1.82) is 0 Å². The Morgan fingerprint density at radius 3 is 2.40 bits per heavy atom. The van der Waals surface area contributed by atoms with Gasteiger partial charge in [-0.05, 0) is 37.8 Å². The Hall–Kier alpha value is -1.07. The summed E-state index contributed by atoms with van der Waals surface area (Å²) in [5, 5.41) is 0. The normalized spacial score (nSPS) is 13.2. The van der Waals surface area contributed by atoms with Crippen LogP contribution in [0.4, 0.5) is 0 Å². The first-order valence-corrected chi connectivity index (χ1v) is 8.62. The van der Waals surface area contributed by atoms with Crippen LogP contribution in [0, 0.1) is 12.8 Å². The van der Waals surface area contributed by atoms with Gasteiger partial charge in [-0.1, -0.05) is 37.5 Å². The van der Waals surface area contributed by atoms with Crippen molar-refractivity contribution in [1.82, 2.24) is 0 Å². The monoisotopic (exact) mass is 300 g/mol. The van der Waals surface area contributed by atoms with Crippen LogP contribution in [0.5, 0.6) is 5.75 Å². The number of hydrogen-bond donors (Lipinski definition) is 1. The number of unbranched alkanes of at least 4 members (excludes halogenated alkanes) is 2. The standard InChI is InChI=1S/C15H24O4S/c1-13-7-9-15(10-8-13)19-11-5-3-4-6-14(2)12-20(16,17)18/h7-10,14H,3-6,11-12H2,1-2H3,(H,16,17,18). The molecule has 1 aromatic carbocycles. The van der Waals surface area contributed by atoms with Crippen LogP contribution in [0.2, 0.25) is 0 Å². The topological polar surface area (TPSA) is 63.6 Å². The van der Waals surface area contributed by atoms with Crippen molar-refractivity contribution in [2.24, 2.45) is 5.92 Å². The molecular formula is C15H24O4S. The predicted octanol–water partition coefficient (Wildman–Crippen LogP) is 3.46. The Balaban J connectivity index is 2.06. The van der Waals surface area contributed by atoms with Crippen LogP contribution < -0.4 is 4.74 Å². The molecule has 0 aliphatic rings. The third kappa shape index (κ3) is 8.17. The summed E-state index contributed by atoms with van der Waals surface area (Å²) in [7, 11) is -3.83. The average Bonchev–Trinajstić information content (AvgIpc) is 2.33. The van der Waals surface area contributed by atoms with Crippen molar-refractivity contribution in [2.45, 2.75) is 39.5 Å².